The lowest BCUT2D eigenvalue weighted by Crippen LogP contribution is -2.45. The van der Waals surface area contributed by atoms with Crippen molar-refractivity contribution in [1.29, 1.82) is 0 Å². The van der Waals surface area contributed by atoms with Crippen LogP contribution in [0.25, 0.3) is 0 Å². The summed E-state index contributed by atoms with van der Waals surface area (Å²) < 4.78 is 39.6. The van der Waals surface area contributed by atoms with Gasteiger partial charge in [-0.15, -0.1) is 0 Å². The summed E-state index contributed by atoms with van der Waals surface area (Å²) in [7, 11) is 1.76. The highest BCUT2D eigenvalue weighted by molar-refractivity contribution is 5.12. The van der Waals surface area contributed by atoms with Crippen LogP contribution in [0, 0.1) is 11.8 Å². The summed E-state index contributed by atoms with van der Waals surface area (Å²) in [5.74, 6) is -1.50. The van der Waals surface area contributed by atoms with E-state index in [0.29, 0.717) is 19.3 Å². The molecule has 0 amide bonds. The highest BCUT2D eigenvalue weighted by atomic mass is 19.4. The van der Waals surface area contributed by atoms with E-state index in [1.165, 1.54) is 0 Å². The minimum absolute atomic E-state index is 0.135. The molecule has 1 aromatic heterocycles. The summed E-state index contributed by atoms with van der Waals surface area (Å²) in [5, 5.41) is 3.10. The summed E-state index contributed by atoms with van der Waals surface area (Å²) in [5.41, 5.74) is 1.03. The largest absolute Gasteiger partial charge is 0.392 e. The number of pyridine rings is 1. The highest BCUT2D eigenvalue weighted by Gasteiger charge is 2.47. The first kappa shape index (κ1) is 15.3. The van der Waals surface area contributed by atoms with E-state index in [9.17, 15) is 13.2 Å². The van der Waals surface area contributed by atoms with Crippen molar-refractivity contribution < 1.29 is 13.2 Å². The number of hydrogen-bond acceptors (Lipinski definition) is 2. The van der Waals surface area contributed by atoms with Gasteiger partial charge in [0.1, 0.15) is 0 Å². The van der Waals surface area contributed by atoms with Crippen LogP contribution >= 0.6 is 0 Å². The lowest BCUT2D eigenvalue weighted by molar-refractivity contribution is -0.199. The number of aromatic nitrogens is 1. The first-order valence-corrected chi connectivity index (χ1v) is 7.15. The van der Waals surface area contributed by atoms with Gasteiger partial charge in [0, 0.05) is 18.4 Å². The number of nitrogens with zero attached hydrogens (tertiary/aromatic N) is 1. The monoisotopic (exact) mass is 286 g/mol. The molecule has 5 heteroatoms. The molecule has 0 bridgehead atoms. The maximum Gasteiger partial charge on any atom is 0.392 e. The standard InChI is InChI=1S/C15H21F3N2/c1-19-14(10-11-6-8-20-9-7-11)12-4-2-3-5-13(12)15(16,17)18/h6-9,12-14,19H,2-5,10H2,1H3. The second kappa shape index (κ2) is 6.57. The summed E-state index contributed by atoms with van der Waals surface area (Å²) >= 11 is 0. The Morgan fingerprint density at radius 3 is 2.50 bits per heavy atom. The molecule has 0 aliphatic heterocycles. The van der Waals surface area contributed by atoms with Gasteiger partial charge in [-0.3, -0.25) is 4.98 Å². The first-order valence-electron chi connectivity index (χ1n) is 7.15. The maximum atomic E-state index is 13.2. The number of likely N-dealkylation sites (N-methyl/N-ethyl adjacent to an activating group) is 1. The number of alkyl halides is 3. The van der Waals surface area contributed by atoms with Crippen molar-refractivity contribution >= 4 is 0 Å². The summed E-state index contributed by atoms with van der Waals surface area (Å²) in [6.07, 6.45) is 2.41. The van der Waals surface area contributed by atoms with Gasteiger partial charge < -0.3 is 5.32 Å². The second-order valence-corrected chi connectivity index (χ2v) is 5.55. The van der Waals surface area contributed by atoms with Gasteiger partial charge >= 0.3 is 6.18 Å². The topological polar surface area (TPSA) is 24.9 Å². The molecule has 0 saturated heterocycles. The molecule has 2 nitrogen and oxygen atoms in total. The third-order valence-corrected chi connectivity index (χ3v) is 4.33. The van der Waals surface area contributed by atoms with Gasteiger partial charge in [-0.05, 0) is 49.9 Å². The van der Waals surface area contributed by atoms with Crippen LogP contribution in [0.2, 0.25) is 0 Å². The van der Waals surface area contributed by atoms with Gasteiger partial charge in [0.15, 0.2) is 0 Å². The lowest BCUT2D eigenvalue weighted by atomic mass is 9.73. The molecule has 3 atom stereocenters. The normalized spacial score (nSPS) is 25.4. The molecule has 1 aliphatic carbocycles. The van der Waals surface area contributed by atoms with E-state index in [1.807, 2.05) is 12.1 Å². The molecule has 1 heterocycles. The van der Waals surface area contributed by atoms with Crippen molar-refractivity contribution in [2.75, 3.05) is 7.05 Å². The van der Waals surface area contributed by atoms with Crippen molar-refractivity contribution in [1.82, 2.24) is 10.3 Å². The van der Waals surface area contributed by atoms with Crippen molar-refractivity contribution in [2.45, 2.75) is 44.3 Å². The van der Waals surface area contributed by atoms with E-state index < -0.39 is 12.1 Å². The van der Waals surface area contributed by atoms with E-state index in [0.717, 1.165) is 12.0 Å². The van der Waals surface area contributed by atoms with Gasteiger partial charge in [-0.1, -0.05) is 12.8 Å². The quantitative estimate of drug-likeness (QED) is 0.915. The number of nitrogens with one attached hydrogen (secondary N) is 1. The number of hydrogen-bond donors (Lipinski definition) is 1. The predicted octanol–water partition coefficient (Wildman–Crippen LogP) is 3.58. The van der Waals surface area contributed by atoms with E-state index in [-0.39, 0.29) is 18.4 Å². The fourth-order valence-corrected chi connectivity index (χ4v) is 3.29. The van der Waals surface area contributed by atoms with E-state index in [1.54, 1.807) is 19.4 Å². The molecule has 1 aliphatic rings. The summed E-state index contributed by atoms with van der Waals surface area (Å²) in [6, 6.07) is 3.61. The average Bonchev–Trinajstić information content (AvgIpc) is 2.45. The zero-order chi connectivity index (χ0) is 14.6. The van der Waals surface area contributed by atoms with Gasteiger partial charge in [0.2, 0.25) is 0 Å². The Morgan fingerprint density at radius 1 is 1.25 bits per heavy atom. The molecule has 1 aromatic rings. The Hall–Kier alpha value is -1.10. The van der Waals surface area contributed by atoms with E-state index >= 15 is 0 Å². The lowest BCUT2D eigenvalue weighted by Gasteiger charge is -2.38. The van der Waals surface area contributed by atoms with Crippen LogP contribution in [0.4, 0.5) is 13.2 Å². The fourth-order valence-electron chi connectivity index (χ4n) is 3.29. The van der Waals surface area contributed by atoms with Crippen LogP contribution in [0.5, 0.6) is 0 Å². The van der Waals surface area contributed by atoms with Crippen LogP contribution in [0.15, 0.2) is 24.5 Å². The molecule has 0 radical (unpaired) electrons. The Bertz CT molecular complexity index is 405. The zero-order valence-electron chi connectivity index (χ0n) is 11.7. The van der Waals surface area contributed by atoms with Gasteiger partial charge in [0.05, 0.1) is 5.92 Å². The van der Waals surface area contributed by atoms with Gasteiger partial charge in [0.25, 0.3) is 0 Å². The Morgan fingerprint density at radius 2 is 1.90 bits per heavy atom. The predicted molar refractivity (Wildman–Crippen MR) is 72.3 cm³/mol. The van der Waals surface area contributed by atoms with E-state index in [4.69, 9.17) is 0 Å². The first-order chi connectivity index (χ1) is 9.52. The highest BCUT2D eigenvalue weighted by Crippen LogP contribution is 2.43. The summed E-state index contributed by atoms with van der Waals surface area (Å²) in [4.78, 5) is 3.94. The zero-order valence-corrected chi connectivity index (χ0v) is 11.7. The third kappa shape index (κ3) is 3.72. The van der Waals surface area contributed by atoms with E-state index in [2.05, 4.69) is 10.3 Å². The molecule has 1 fully saturated rings. The Kier molecular flexibility index (Phi) is 5.02. The van der Waals surface area contributed by atoms with Gasteiger partial charge in [-0.2, -0.15) is 13.2 Å². The minimum Gasteiger partial charge on any atom is -0.316 e. The third-order valence-electron chi connectivity index (χ3n) is 4.33. The number of halogens is 3. The van der Waals surface area contributed by atoms with Crippen LogP contribution in [-0.4, -0.2) is 24.2 Å². The summed E-state index contributed by atoms with van der Waals surface area (Å²) in [6.45, 7) is 0. The molecule has 20 heavy (non-hydrogen) atoms. The van der Waals surface area contributed by atoms with Crippen molar-refractivity contribution in [3.05, 3.63) is 30.1 Å². The molecule has 3 unspecified atom stereocenters. The molecule has 0 aromatic carbocycles. The molecular formula is C15H21F3N2. The SMILES string of the molecule is CNC(Cc1ccncc1)C1CCCCC1C(F)(F)F. The minimum atomic E-state index is -4.08. The van der Waals surface area contributed by atoms with Crippen molar-refractivity contribution in [3.63, 3.8) is 0 Å². The molecule has 112 valence electrons. The second-order valence-electron chi connectivity index (χ2n) is 5.55. The smallest absolute Gasteiger partial charge is 0.316 e. The van der Waals surface area contributed by atoms with Gasteiger partial charge in [-0.25, -0.2) is 0 Å². The number of rotatable bonds is 4. The van der Waals surface area contributed by atoms with Crippen molar-refractivity contribution in [2.24, 2.45) is 11.8 Å². The molecule has 0 spiro atoms. The Balaban J connectivity index is 2.12. The molecule has 1 N–H and O–H groups in total. The van der Waals surface area contributed by atoms with Crippen LogP contribution in [0.1, 0.15) is 31.2 Å². The fraction of sp³-hybridized carbons (Fsp3) is 0.667. The molecular weight excluding hydrogens is 265 g/mol. The van der Waals surface area contributed by atoms with Crippen LogP contribution < -0.4 is 5.32 Å². The Labute approximate surface area is 117 Å². The average molecular weight is 286 g/mol. The molecule has 1 saturated carbocycles. The molecule has 2 rings (SSSR count). The van der Waals surface area contributed by atoms with Crippen molar-refractivity contribution in [3.8, 4) is 0 Å². The maximum absolute atomic E-state index is 13.2. The van der Waals surface area contributed by atoms with Crippen LogP contribution in [-0.2, 0) is 6.42 Å². The van der Waals surface area contributed by atoms with Crippen LogP contribution in [0.3, 0.4) is 0 Å².